The SMILES string of the molecule is [2H]CN(c1ccnc(C#N)n1)C1CCN(Cc2ccc(-n3c(-c4cccnc4N)nc4cc(C)c(C)nc43)cc2)CC1. The second kappa shape index (κ2) is 10.9. The van der Waals surface area contributed by atoms with Crippen LogP contribution in [0.1, 0.15) is 36.9 Å². The standard InChI is InChI=1S/C31H32N10/c1-20-17-26-31(36-21(20)2)41(30(37-26)25-5-4-13-35-29(25)33)24-8-6-22(7-9-24)19-40-15-11-23(12-16-40)39(3)28-10-14-34-27(18-32)38-28/h4-10,13-14,17,23H,11-12,15-16,19H2,1-3H3,(H2,33,35)/i3D. The molecule has 1 saturated heterocycles. The number of nitriles is 1. The summed E-state index contributed by atoms with van der Waals surface area (Å²) in [6.45, 7) is 6.72. The van der Waals surface area contributed by atoms with Gasteiger partial charge in [0.2, 0.25) is 5.82 Å². The normalized spacial score (nSPS) is 14.6. The summed E-state index contributed by atoms with van der Waals surface area (Å²) in [4.78, 5) is 26.8. The van der Waals surface area contributed by atoms with Gasteiger partial charge in [-0.3, -0.25) is 9.47 Å². The van der Waals surface area contributed by atoms with Crippen LogP contribution in [0.25, 0.3) is 28.2 Å². The molecule has 0 amide bonds. The Bertz CT molecular complexity index is 1770. The Balaban J connectivity index is 1.20. The molecule has 0 atom stereocenters. The van der Waals surface area contributed by atoms with Gasteiger partial charge in [0.25, 0.3) is 0 Å². The number of benzene rings is 1. The van der Waals surface area contributed by atoms with Crippen molar-refractivity contribution < 1.29 is 1.37 Å². The molecule has 10 heteroatoms. The second-order valence-electron chi connectivity index (χ2n) is 10.4. The zero-order valence-electron chi connectivity index (χ0n) is 24.2. The van der Waals surface area contributed by atoms with Crippen molar-refractivity contribution >= 4 is 22.8 Å². The van der Waals surface area contributed by atoms with Crippen molar-refractivity contribution in [2.24, 2.45) is 0 Å². The summed E-state index contributed by atoms with van der Waals surface area (Å²) in [5.41, 5.74) is 12.9. The van der Waals surface area contributed by atoms with Gasteiger partial charge in [-0.2, -0.15) is 5.26 Å². The number of aryl methyl sites for hydroxylation is 2. The van der Waals surface area contributed by atoms with Gasteiger partial charge >= 0.3 is 0 Å². The summed E-state index contributed by atoms with van der Waals surface area (Å²) >= 11 is 0. The van der Waals surface area contributed by atoms with E-state index in [0.29, 0.717) is 17.5 Å². The van der Waals surface area contributed by atoms with Crippen LogP contribution in [0.3, 0.4) is 0 Å². The number of nitrogen functional groups attached to an aromatic ring is 1. The molecule has 0 spiro atoms. The van der Waals surface area contributed by atoms with E-state index in [4.69, 9.17) is 22.3 Å². The summed E-state index contributed by atoms with van der Waals surface area (Å²) in [5.74, 6) is 1.92. The van der Waals surface area contributed by atoms with Crippen molar-refractivity contribution in [2.75, 3.05) is 30.7 Å². The molecule has 1 aromatic carbocycles. The summed E-state index contributed by atoms with van der Waals surface area (Å²) in [5, 5.41) is 9.15. The fourth-order valence-corrected chi connectivity index (χ4v) is 5.37. The minimum absolute atomic E-state index is 0.0948. The Morgan fingerprint density at radius 2 is 1.85 bits per heavy atom. The van der Waals surface area contributed by atoms with Crippen LogP contribution in [0.4, 0.5) is 11.6 Å². The lowest BCUT2D eigenvalue weighted by atomic mass is 10.0. The number of nitrogens with two attached hydrogens (primary N) is 1. The van der Waals surface area contributed by atoms with Crippen LogP contribution in [0, 0.1) is 25.2 Å². The first-order chi connectivity index (χ1) is 20.4. The first-order valence-corrected chi connectivity index (χ1v) is 13.6. The zero-order chi connectivity index (χ0) is 29.2. The molecule has 206 valence electrons. The predicted molar refractivity (Wildman–Crippen MR) is 159 cm³/mol. The summed E-state index contributed by atoms with van der Waals surface area (Å²) in [6.07, 6.45) is 5.11. The van der Waals surface area contributed by atoms with Crippen molar-refractivity contribution in [3.05, 3.63) is 83.6 Å². The molecule has 0 aliphatic carbocycles. The second-order valence-corrected chi connectivity index (χ2v) is 10.4. The molecular formula is C31H32N10. The van der Waals surface area contributed by atoms with Gasteiger partial charge in [0.15, 0.2) is 11.5 Å². The van der Waals surface area contributed by atoms with Gasteiger partial charge in [0, 0.05) is 57.8 Å². The maximum Gasteiger partial charge on any atom is 0.234 e. The smallest absolute Gasteiger partial charge is 0.234 e. The molecule has 0 radical (unpaired) electrons. The van der Waals surface area contributed by atoms with Gasteiger partial charge in [0.1, 0.15) is 23.2 Å². The molecule has 10 nitrogen and oxygen atoms in total. The van der Waals surface area contributed by atoms with E-state index in [9.17, 15) is 0 Å². The third-order valence-corrected chi connectivity index (χ3v) is 7.79. The van der Waals surface area contributed by atoms with E-state index in [-0.39, 0.29) is 18.9 Å². The molecule has 5 aromatic rings. The first kappa shape index (κ1) is 25.1. The van der Waals surface area contributed by atoms with E-state index in [2.05, 4.69) is 54.8 Å². The molecule has 1 aliphatic rings. The number of pyridine rings is 2. The highest BCUT2D eigenvalue weighted by atomic mass is 15.2. The molecule has 2 N–H and O–H groups in total. The number of nitrogens with zero attached hydrogens (tertiary/aromatic N) is 9. The van der Waals surface area contributed by atoms with Crippen LogP contribution in [-0.2, 0) is 6.54 Å². The number of aromatic nitrogens is 6. The van der Waals surface area contributed by atoms with E-state index in [1.807, 2.05) is 36.9 Å². The average molecular weight is 546 g/mol. The number of fused-ring (bicyclic) bond motifs is 1. The Morgan fingerprint density at radius 3 is 2.59 bits per heavy atom. The number of anilines is 2. The lowest BCUT2D eigenvalue weighted by Gasteiger charge is -2.37. The summed E-state index contributed by atoms with van der Waals surface area (Å²) in [7, 11) is 0.0948. The van der Waals surface area contributed by atoms with Gasteiger partial charge in [-0.1, -0.05) is 12.1 Å². The van der Waals surface area contributed by atoms with Gasteiger partial charge in [0.05, 0.1) is 5.56 Å². The van der Waals surface area contributed by atoms with Crippen LogP contribution in [0.5, 0.6) is 0 Å². The highest BCUT2D eigenvalue weighted by Gasteiger charge is 2.24. The van der Waals surface area contributed by atoms with Gasteiger partial charge in [-0.15, -0.1) is 0 Å². The van der Waals surface area contributed by atoms with Crippen LogP contribution < -0.4 is 10.6 Å². The molecule has 1 aliphatic heterocycles. The molecule has 0 saturated carbocycles. The lowest BCUT2D eigenvalue weighted by Crippen LogP contribution is -2.43. The molecule has 4 aromatic heterocycles. The van der Waals surface area contributed by atoms with Gasteiger partial charge in [-0.05, 0) is 74.2 Å². The van der Waals surface area contributed by atoms with E-state index >= 15 is 0 Å². The van der Waals surface area contributed by atoms with E-state index < -0.39 is 0 Å². The van der Waals surface area contributed by atoms with Crippen LogP contribution >= 0.6 is 0 Å². The van der Waals surface area contributed by atoms with E-state index in [0.717, 1.165) is 66.1 Å². The van der Waals surface area contributed by atoms with Crippen molar-refractivity contribution in [3.63, 3.8) is 0 Å². The zero-order valence-corrected chi connectivity index (χ0v) is 23.2. The third-order valence-electron chi connectivity index (χ3n) is 7.79. The Kier molecular flexibility index (Phi) is 6.70. The average Bonchev–Trinajstić information content (AvgIpc) is 3.37. The van der Waals surface area contributed by atoms with Crippen molar-refractivity contribution in [2.45, 2.75) is 39.3 Å². The van der Waals surface area contributed by atoms with Crippen LogP contribution in [0.2, 0.25) is 0 Å². The highest BCUT2D eigenvalue weighted by Crippen LogP contribution is 2.31. The number of hydrogen-bond donors (Lipinski definition) is 1. The number of likely N-dealkylation sites (tertiary alicyclic amines) is 1. The van der Waals surface area contributed by atoms with Gasteiger partial charge in [-0.25, -0.2) is 24.9 Å². The number of piperidine rings is 1. The summed E-state index contributed by atoms with van der Waals surface area (Å²) in [6, 6.07) is 18.4. The predicted octanol–water partition coefficient (Wildman–Crippen LogP) is 4.44. The Morgan fingerprint density at radius 1 is 1.05 bits per heavy atom. The molecule has 0 unspecified atom stereocenters. The van der Waals surface area contributed by atoms with Crippen LogP contribution in [-0.4, -0.2) is 60.5 Å². The van der Waals surface area contributed by atoms with Crippen molar-refractivity contribution in [3.8, 4) is 23.1 Å². The highest BCUT2D eigenvalue weighted by molar-refractivity contribution is 5.83. The molecule has 1 fully saturated rings. The first-order valence-electron chi connectivity index (χ1n) is 14.3. The largest absolute Gasteiger partial charge is 0.383 e. The van der Waals surface area contributed by atoms with E-state index in [1.165, 1.54) is 5.56 Å². The van der Waals surface area contributed by atoms with E-state index in [1.54, 1.807) is 18.5 Å². The van der Waals surface area contributed by atoms with Crippen LogP contribution in [0.15, 0.2) is 60.9 Å². The maximum atomic E-state index is 9.15. The Hall–Kier alpha value is -4.88. The number of rotatable bonds is 6. The summed E-state index contributed by atoms with van der Waals surface area (Å²) < 4.78 is 10.1. The lowest BCUT2D eigenvalue weighted by molar-refractivity contribution is 0.203. The van der Waals surface area contributed by atoms with Crippen molar-refractivity contribution in [1.82, 2.24) is 34.4 Å². The fraction of sp³-hybridized carbons (Fsp3) is 0.290. The molecule has 6 rings (SSSR count). The molecule has 5 heterocycles. The third kappa shape index (κ3) is 5.19. The Labute approximate surface area is 240 Å². The topological polar surface area (TPSA) is 126 Å². The number of imidazole rings is 1. The monoisotopic (exact) mass is 545 g/mol. The minimum Gasteiger partial charge on any atom is -0.383 e. The molecule has 0 bridgehead atoms. The molecule has 41 heavy (non-hydrogen) atoms. The molecular weight excluding hydrogens is 512 g/mol. The maximum absolute atomic E-state index is 9.15. The fourth-order valence-electron chi connectivity index (χ4n) is 5.37. The van der Waals surface area contributed by atoms with Crippen molar-refractivity contribution in [1.29, 1.82) is 5.26 Å². The quantitative estimate of drug-likeness (QED) is 0.329. The number of hydrogen-bond acceptors (Lipinski definition) is 9. The minimum atomic E-state index is 0.0948. The van der Waals surface area contributed by atoms with Gasteiger partial charge < -0.3 is 10.6 Å².